The van der Waals surface area contributed by atoms with E-state index in [1.807, 2.05) is 48.5 Å². The summed E-state index contributed by atoms with van der Waals surface area (Å²) in [6, 6.07) is 24.0. The van der Waals surface area contributed by atoms with Gasteiger partial charge in [0.05, 0.1) is 0 Å². The van der Waals surface area contributed by atoms with E-state index in [-0.39, 0.29) is 18.2 Å². The smallest absolute Gasteiger partial charge is 0.454 e. The molecule has 0 atom stereocenters. The summed E-state index contributed by atoms with van der Waals surface area (Å²) in [6.07, 6.45) is -4.86. The van der Waals surface area contributed by atoms with Gasteiger partial charge in [0.2, 0.25) is 0 Å². The maximum Gasteiger partial charge on any atom is 0.454 e. The van der Waals surface area contributed by atoms with Crippen LogP contribution in [0, 0.1) is 0 Å². The van der Waals surface area contributed by atoms with E-state index >= 15 is 0 Å². The third kappa shape index (κ3) is 4.38. The number of aliphatic hydroxyl groups excluding tert-OH is 1. The number of carbonyl (C=O) groups excluding carboxylic acids is 1. The lowest BCUT2D eigenvalue weighted by Gasteiger charge is -2.13. The minimum atomic E-state index is -5.03. The fourth-order valence-electron chi connectivity index (χ4n) is 3.43. The summed E-state index contributed by atoms with van der Waals surface area (Å²) >= 11 is 0. The lowest BCUT2D eigenvalue weighted by atomic mass is 9.97. The molecular weight excluding hydrogens is 405 g/mol. The Hall–Kier alpha value is -3.80. The molecule has 0 radical (unpaired) electrons. The molecule has 0 saturated carbocycles. The Balaban J connectivity index is 1.58. The van der Waals surface area contributed by atoms with Gasteiger partial charge in [0, 0.05) is 17.2 Å². The highest BCUT2D eigenvalue weighted by atomic mass is 19.4. The van der Waals surface area contributed by atoms with Crippen molar-refractivity contribution >= 4 is 33.1 Å². The van der Waals surface area contributed by atoms with Gasteiger partial charge in [0.25, 0.3) is 5.78 Å². The number of ether oxygens (including phenoxy) is 1. The number of hydrogen-bond donors (Lipinski definition) is 1. The zero-order valence-electron chi connectivity index (χ0n) is 16.2. The topological polar surface area (TPSA) is 46.5 Å². The van der Waals surface area contributed by atoms with Gasteiger partial charge in [0.1, 0.15) is 18.1 Å². The third-order valence-corrected chi connectivity index (χ3v) is 4.96. The molecule has 0 unspecified atom stereocenters. The van der Waals surface area contributed by atoms with Crippen molar-refractivity contribution < 1.29 is 27.8 Å². The predicted molar refractivity (Wildman–Crippen MR) is 114 cm³/mol. The molecule has 0 aliphatic rings. The highest BCUT2D eigenvalue weighted by Gasteiger charge is 2.37. The molecule has 3 nitrogen and oxygen atoms in total. The van der Waals surface area contributed by atoms with Gasteiger partial charge in [0.15, 0.2) is 0 Å². The van der Waals surface area contributed by atoms with Crippen LogP contribution in [0.2, 0.25) is 0 Å². The number of alkyl halides is 3. The summed E-state index contributed by atoms with van der Waals surface area (Å²) in [5.41, 5.74) is 1.11. The number of aliphatic hydroxyl groups is 1. The van der Waals surface area contributed by atoms with E-state index in [0.29, 0.717) is 5.75 Å². The highest BCUT2D eigenvalue weighted by Crippen LogP contribution is 2.30. The molecule has 0 aliphatic carbocycles. The molecule has 0 saturated heterocycles. The summed E-state index contributed by atoms with van der Waals surface area (Å²) in [6.45, 7) is 0.287. The molecule has 0 aliphatic heterocycles. The Morgan fingerprint density at radius 2 is 1.42 bits per heavy atom. The lowest BCUT2D eigenvalue weighted by molar-refractivity contribution is -0.165. The van der Waals surface area contributed by atoms with Gasteiger partial charge in [-0.15, -0.1) is 0 Å². The van der Waals surface area contributed by atoms with Gasteiger partial charge in [-0.3, -0.25) is 4.79 Å². The summed E-state index contributed by atoms with van der Waals surface area (Å²) in [7, 11) is 0. The van der Waals surface area contributed by atoms with E-state index < -0.39 is 17.7 Å². The van der Waals surface area contributed by atoms with Gasteiger partial charge in [-0.05, 0) is 51.9 Å². The van der Waals surface area contributed by atoms with Crippen molar-refractivity contribution in [3.63, 3.8) is 0 Å². The molecule has 0 heterocycles. The van der Waals surface area contributed by atoms with E-state index in [0.717, 1.165) is 27.1 Å². The number of halogens is 3. The van der Waals surface area contributed by atoms with Crippen LogP contribution in [-0.2, 0) is 11.4 Å². The summed E-state index contributed by atoms with van der Waals surface area (Å²) in [4.78, 5) is 11.0. The van der Waals surface area contributed by atoms with E-state index in [1.54, 1.807) is 0 Å². The number of hydrogen-bond acceptors (Lipinski definition) is 3. The Bertz CT molecular complexity index is 1240. The van der Waals surface area contributed by atoms with Crippen molar-refractivity contribution in [2.24, 2.45) is 0 Å². The van der Waals surface area contributed by atoms with E-state index in [1.165, 1.54) is 24.3 Å². The molecule has 0 fully saturated rings. The van der Waals surface area contributed by atoms with E-state index in [4.69, 9.17) is 4.74 Å². The van der Waals surface area contributed by atoms with Gasteiger partial charge in [-0.2, -0.15) is 13.2 Å². The first kappa shape index (κ1) is 20.5. The second-order valence-corrected chi connectivity index (χ2v) is 7.00. The molecule has 0 bridgehead atoms. The van der Waals surface area contributed by atoms with Gasteiger partial charge in [-0.25, -0.2) is 0 Å². The van der Waals surface area contributed by atoms with Crippen LogP contribution in [0.4, 0.5) is 13.2 Å². The number of carbonyl (C=O) groups is 1. The Labute approximate surface area is 176 Å². The first-order valence-electron chi connectivity index (χ1n) is 9.47. The van der Waals surface area contributed by atoms with Crippen LogP contribution in [0.15, 0.2) is 84.9 Å². The minimum Gasteiger partial charge on any atom is -0.507 e. The Morgan fingerprint density at radius 3 is 1.97 bits per heavy atom. The first-order chi connectivity index (χ1) is 14.8. The molecule has 1 N–H and O–H groups in total. The van der Waals surface area contributed by atoms with Crippen molar-refractivity contribution in [3.05, 3.63) is 96.1 Å². The molecule has 4 aromatic rings. The van der Waals surface area contributed by atoms with E-state index in [9.17, 15) is 23.1 Å². The van der Waals surface area contributed by atoms with Gasteiger partial charge in [-0.1, -0.05) is 48.5 Å². The lowest BCUT2D eigenvalue weighted by Crippen LogP contribution is -2.20. The number of ketones is 1. The fourth-order valence-corrected chi connectivity index (χ4v) is 3.43. The van der Waals surface area contributed by atoms with Crippen molar-refractivity contribution in [2.75, 3.05) is 0 Å². The average molecular weight is 422 g/mol. The second-order valence-electron chi connectivity index (χ2n) is 7.00. The zero-order chi connectivity index (χ0) is 22.0. The number of fused-ring (bicyclic) bond motifs is 2. The molecule has 0 amide bonds. The first-order valence-corrected chi connectivity index (χ1v) is 9.47. The van der Waals surface area contributed by atoms with Crippen LogP contribution in [0.25, 0.3) is 27.3 Å². The molecular formula is C25H17F3O3. The molecule has 6 heteroatoms. The second kappa shape index (κ2) is 8.14. The van der Waals surface area contributed by atoms with Crippen LogP contribution >= 0.6 is 0 Å². The highest BCUT2D eigenvalue weighted by molar-refractivity contribution is 6.02. The van der Waals surface area contributed by atoms with Crippen molar-refractivity contribution in [3.8, 4) is 5.75 Å². The van der Waals surface area contributed by atoms with Gasteiger partial charge < -0.3 is 9.84 Å². The normalized spacial score (nSPS) is 12.3. The maximum atomic E-state index is 12.3. The number of benzene rings is 4. The summed E-state index contributed by atoms with van der Waals surface area (Å²) in [5, 5.41) is 14.1. The Kier molecular flexibility index (Phi) is 5.38. The van der Waals surface area contributed by atoms with E-state index in [2.05, 4.69) is 6.07 Å². The quantitative estimate of drug-likeness (QED) is 0.224. The monoisotopic (exact) mass is 422 g/mol. The van der Waals surface area contributed by atoms with Crippen LogP contribution in [0.3, 0.4) is 0 Å². The van der Waals surface area contributed by atoms with Crippen LogP contribution in [-0.4, -0.2) is 17.1 Å². The molecule has 4 aromatic carbocycles. The van der Waals surface area contributed by atoms with Crippen LogP contribution in [0.5, 0.6) is 5.75 Å². The summed E-state index contributed by atoms with van der Waals surface area (Å²) in [5.74, 6) is -2.39. The fraction of sp³-hybridized carbons (Fsp3) is 0.0800. The third-order valence-electron chi connectivity index (χ3n) is 4.96. The minimum absolute atomic E-state index is 0.0839. The average Bonchev–Trinajstić information content (AvgIpc) is 2.76. The Morgan fingerprint density at radius 1 is 0.871 bits per heavy atom. The molecule has 0 aromatic heterocycles. The number of allylic oxidation sites excluding steroid dienone is 1. The predicted octanol–water partition coefficient (Wildman–Crippen LogP) is 6.60. The van der Waals surface area contributed by atoms with Crippen LogP contribution < -0.4 is 4.74 Å². The molecule has 4 rings (SSSR count). The molecule has 31 heavy (non-hydrogen) atoms. The largest absolute Gasteiger partial charge is 0.507 e. The van der Waals surface area contributed by atoms with Crippen molar-refractivity contribution in [1.82, 2.24) is 0 Å². The van der Waals surface area contributed by atoms with Gasteiger partial charge >= 0.3 is 6.18 Å². The molecule has 156 valence electrons. The molecule has 0 spiro atoms. The zero-order valence-corrected chi connectivity index (χ0v) is 16.2. The van der Waals surface area contributed by atoms with Crippen molar-refractivity contribution in [1.29, 1.82) is 0 Å². The van der Waals surface area contributed by atoms with Crippen molar-refractivity contribution in [2.45, 2.75) is 12.8 Å². The maximum absolute atomic E-state index is 12.3. The van der Waals surface area contributed by atoms with Crippen LogP contribution in [0.1, 0.15) is 11.1 Å². The number of rotatable bonds is 5. The standard InChI is InChI=1S/C25H17F3O3/c26-25(27,28)24(30)14-23(29)16-9-11-19(12-10-16)31-15-22-20-7-3-1-5-17(20)13-18-6-2-4-8-21(18)22/h1-14,29H,15H2/b23-14-. The summed E-state index contributed by atoms with van der Waals surface area (Å²) < 4.78 is 43.0. The SMILES string of the molecule is O=C(/C=C(\O)c1ccc(OCc2c3ccccc3cc3ccccc23)cc1)C(F)(F)F.